The van der Waals surface area contributed by atoms with Gasteiger partial charge in [0.05, 0.1) is 11.4 Å². The van der Waals surface area contributed by atoms with Crippen LogP contribution in [-0.2, 0) is 21.9 Å². The summed E-state index contributed by atoms with van der Waals surface area (Å²) >= 11 is 0. The molecule has 1 aliphatic carbocycles. The standard InChI is InChI=1S/C14H20O3S/c1-2-18(16,17)11-5-9-14(15)10-8-12-6-3-4-7-13(12)14/h3-4,6-7,15H,2,5,8-11H2,1H3. The first-order valence-corrected chi connectivity index (χ1v) is 8.30. The number of aryl methyl sites for hydroxylation is 1. The Labute approximate surface area is 109 Å². The lowest BCUT2D eigenvalue weighted by atomic mass is 9.91. The smallest absolute Gasteiger partial charge is 0.150 e. The molecule has 0 amide bonds. The summed E-state index contributed by atoms with van der Waals surface area (Å²) in [5.41, 5.74) is 1.36. The second-order valence-electron chi connectivity index (χ2n) is 5.03. The fourth-order valence-electron chi connectivity index (χ4n) is 2.66. The van der Waals surface area contributed by atoms with E-state index in [4.69, 9.17) is 0 Å². The van der Waals surface area contributed by atoms with Crippen LogP contribution in [0.5, 0.6) is 0 Å². The third kappa shape index (κ3) is 2.75. The summed E-state index contributed by atoms with van der Waals surface area (Å²) in [6.07, 6.45) is 2.65. The fourth-order valence-corrected chi connectivity index (χ4v) is 3.53. The Morgan fingerprint density at radius 2 is 2.06 bits per heavy atom. The molecular weight excluding hydrogens is 248 g/mol. The van der Waals surface area contributed by atoms with E-state index in [1.54, 1.807) is 6.92 Å². The van der Waals surface area contributed by atoms with Crippen molar-refractivity contribution in [3.63, 3.8) is 0 Å². The van der Waals surface area contributed by atoms with Gasteiger partial charge in [0, 0.05) is 5.75 Å². The summed E-state index contributed by atoms with van der Waals surface area (Å²) in [5, 5.41) is 10.6. The molecule has 3 nitrogen and oxygen atoms in total. The zero-order valence-corrected chi connectivity index (χ0v) is 11.5. The fraction of sp³-hybridized carbons (Fsp3) is 0.571. The molecule has 4 heteroatoms. The van der Waals surface area contributed by atoms with Crippen LogP contribution in [0.3, 0.4) is 0 Å². The largest absolute Gasteiger partial charge is 0.385 e. The van der Waals surface area contributed by atoms with Gasteiger partial charge >= 0.3 is 0 Å². The molecule has 18 heavy (non-hydrogen) atoms. The van der Waals surface area contributed by atoms with Crippen molar-refractivity contribution in [2.45, 2.75) is 38.2 Å². The predicted molar refractivity (Wildman–Crippen MR) is 72.2 cm³/mol. The summed E-state index contributed by atoms with van der Waals surface area (Å²) in [5.74, 6) is 0.357. The molecule has 0 aliphatic heterocycles. The number of rotatable bonds is 5. The minimum Gasteiger partial charge on any atom is -0.385 e. The van der Waals surface area contributed by atoms with E-state index in [2.05, 4.69) is 0 Å². The summed E-state index contributed by atoms with van der Waals surface area (Å²) in [4.78, 5) is 0. The zero-order chi connectivity index (χ0) is 13.2. The molecule has 1 aromatic carbocycles. The van der Waals surface area contributed by atoms with Crippen molar-refractivity contribution in [2.75, 3.05) is 11.5 Å². The Kier molecular flexibility index (Phi) is 3.78. The van der Waals surface area contributed by atoms with Crippen molar-refractivity contribution in [3.8, 4) is 0 Å². The molecule has 0 heterocycles. The number of fused-ring (bicyclic) bond motifs is 1. The van der Waals surface area contributed by atoms with E-state index >= 15 is 0 Å². The number of hydrogen-bond donors (Lipinski definition) is 1. The monoisotopic (exact) mass is 268 g/mol. The molecule has 1 atom stereocenters. The molecule has 1 unspecified atom stereocenters. The van der Waals surface area contributed by atoms with Gasteiger partial charge < -0.3 is 5.11 Å². The molecule has 0 radical (unpaired) electrons. The average Bonchev–Trinajstić information content (AvgIpc) is 2.68. The molecule has 2 rings (SSSR count). The van der Waals surface area contributed by atoms with Crippen LogP contribution in [0.1, 0.15) is 37.3 Å². The van der Waals surface area contributed by atoms with E-state index in [-0.39, 0.29) is 11.5 Å². The van der Waals surface area contributed by atoms with Crippen LogP contribution in [0, 0.1) is 0 Å². The van der Waals surface area contributed by atoms with Crippen LogP contribution in [-0.4, -0.2) is 25.0 Å². The van der Waals surface area contributed by atoms with E-state index in [0.717, 1.165) is 12.0 Å². The molecular formula is C14H20O3S. The van der Waals surface area contributed by atoms with Crippen LogP contribution in [0.15, 0.2) is 24.3 Å². The summed E-state index contributed by atoms with van der Waals surface area (Å²) in [6, 6.07) is 7.90. The van der Waals surface area contributed by atoms with Crippen LogP contribution in [0.2, 0.25) is 0 Å². The number of aliphatic hydroxyl groups is 1. The molecule has 1 N–H and O–H groups in total. The summed E-state index contributed by atoms with van der Waals surface area (Å²) < 4.78 is 22.9. The van der Waals surface area contributed by atoms with Crippen LogP contribution in [0.25, 0.3) is 0 Å². The maximum Gasteiger partial charge on any atom is 0.150 e. The lowest BCUT2D eigenvalue weighted by Crippen LogP contribution is -2.23. The first kappa shape index (κ1) is 13.6. The molecule has 1 aliphatic rings. The van der Waals surface area contributed by atoms with Gasteiger partial charge in [-0.3, -0.25) is 0 Å². The number of sulfone groups is 1. The highest BCUT2D eigenvalue weighted by atomic mass is 32.2. The van der Waals surface area contributed by atoms with Crippen molar-refractivity contribution >= 4 is 9.84 Å². The molecule has 0 spiro atoms. The first-order chi connectivity index (χ1) is 8.47. The van der Waals surface area contributed by atoms with Crippen LogP contribution >= 0.6 is 0 Å². The van der Waals surface area contributed by atoms with E-state index in [1.807, 2.05) is 24.3 Å². The maximum absolute atomic E-state index is 11.4. The van der Waals surface area contributed by atoms with Gasteiger partial charge in [-0.05, 0) is 36.8 Å². The minimum atomic E-state index is -2.93. The number of benzene rings is 1. The molecule has 0 saturated heterocycles. The Hall–Kier alpha value is -0.870. The quantitative estimate of drug-likeness (QED) is 0.889. The second-order valence-corrected chi connectivity index (χ2v) is 7.50. The molecule has 0 bridgehead atoms. The van der Waals surface area contributed by atoms with Gasteiger partial charge in [-0.1, -0.05) is 31.2 Å². The summed E-state index contributed by atoms with van der Waals surface area (Å²) in [7, 11) is -2.93. The SMILES string of the molecule is CCS(=O)(=O)CCCC1(O)CCc2ccccc21. The minimum absolute atomic E-state index is 0.175. The topological polar surface area (TPSA) is 54.4 Å². The highest BCUT2D eigenvalue weighted by Crippen LogP contribution is 2.39. The van der Waals surface area contributed by atoms with Crippen molar-refractivity contribution in [3.05, 3.63) is 35.4 Å². The van der Waals surface area contributed by atoms with Gasteiger partial charge in [0.25, 0.3) is 0 Å². The molecule has 1 aromatic rings. The van der Waals surface area contributed by atoms with E-state index < -0.39 is 15.4 Å². The van der Waals surface area contributed by atoms with Crippen molar-refractivity contribution in [1.82, 2.24) is 0 Å². The molecule has 0 aromatic heterocycles. The van der Waals surface area contributed by atoms with Gasteiger partial charge in [0.1, 0.15) is 9.84 Å². The van der Waals surface area contributed by atoms with Gasteiger partial charge in [-0.2, -0.15) is 0 Å². The normalized spacial score (nSPS) is 23.0. The van der Waals surface area contributed by atoms with Gasteiger partial charge in [-0.25, -0.2) is 8.42 Å². The zero-order valence-electron chi connectivity index (χ0n) is 10.7. The lowest BCUT2D eigenvalue weighted by molar-refractivity contribution is 0.0289. The van der Waals surface area contributed by atoms with Gasteiger partial charge in [0.15, 0.2) is 0 Å². The predicted octanol–water partition coefficient (Wildman–Crippen LogP) is 2.04. The Balaban J connectivity index is 2.03. The Morgan fingerprint density at radius 1 is 1.33 bits per heavy atom. The van der Waals surface area contributed by atoms with E-state index in [9.17, 15) is 13.5 Å². The van der Waals surface area contributed by atoms with Crippen molar-refractivity contribution < 1.29 is 13.5 Å². The Bertz CT molecular complexity index is 522. The van der Waals surface area contributed by atoms with Crippen molar-refractivity contribution in [1.29, 1.82) is 0 Å². The van der Waals surface area contributed by atoms with Crippen LogP contribution < -0.4 is 0 Å². The number of hydrogen-bond acceptors (Lipinski definition) is 3. The Morgan fingerprint density at radius 3 is 2.78 bits per heavy atom. The lowest BCUT2D eigenvalue weighted by Gasteiger charge is -2.23. The van der Waals surface area contributed by atoms with Gasteiger partial charge in [0.2, 0.25) is 0 Å². The maximum atomic E-state index is 11.4. The third-order valence-electron chi connectivity index (χ3n) is 3.81. The summed E-state index contributed by atoms with van der Waals surface area (Å²) in [6.45, 7) is 1.66. The van der Waals surface area contributed by atoms with E-state index in [0.29, 0.717) is 19.3 Å². The van der Waals surface area contributed by atoms with Gasteiger partial charge in [-0.15, -0.1) is 0 Å². The van der Waals surface area contributed by atoms with Crippen LogP contribution in [0.4, 0.5) is 0 Å². The van der Waals surface area contributed by atoms with E-state index in [1.165, 1.54) is 5.56 Å². The molecule has 0 fully saturated rings. The van der Waals surface area contributed by atoms with Crippen molar-refractivity contribution in [2.24, 2.45) is 0 Å². The molecule has 100 valence electrons. The molecule has 0 saturated carbocycles. The highest BCUT2D eigenvalue weighted by Gasteiger charge is 2.35. The average molecular weight is 268 g/mol. The first-order valence-electron chi connectivity index (χ1n) is 6.48. The third-order valence-corrected chi connectivity index (χ3v) is 5.60. The second kappa shape index (κ2) is 5.02. The highest BCUT2D eigenvalue weighted by molar-refractivity contribution is 7.91.